The summed E-state index contributed by atoms with van der Waals surface area (Å²) in [6.45, 7) is 6.38. The summed E-state index contributed by atoms with van der Waals surface area (Å²) in [5.74, 6) is 0.204. The number of carbonyl (C=O) groups is 1. The summed E-state index contributed by atoms with van der Waals surface area (Å²) in [4.78, 5) is 17.4. The van der Waals surface area contributed by atoms with E-state index in [1.54, 1.807) is 0 Å². The minimum Gasteiger partial charge on any atom is -0.297 e. The van der Waals surface area contributed by atoms with Crippen LogP contribution in [0.5, 0.6) is 0 Å². The third-order valence-corrected chi connectivity index (χ3v) is 3.60. The number of para-hydroxylation sites is 1. The summed E-state index contributed by atoms with van der Waals surface area (Å²) in [5, 5.41) is 0. The van der Waals surface area contributed by atoms with Crippen LogP contribution in [0.3, 0.4) is 0 Å². The topological polar surface area (TPSA) is 38.3 Å². The normalized spacial score (nSPS) is 22.8. The molecule has 0 bridgehead atoms. The zero-order valence-electron chi connectivity index (χ0n) is 11.3. The van der Waals surface area contributed by atoms with Gasteiger partial charge in [0, 0.05) is 6.42 Å². The molecular formula is C15H21NO2. The Hall–Kier alpha value is -1.35. The van der Waals surface area contributed by atoms with Crippen molar-refractivity contribution in [2.75, 3.05) is 5.48 Å². The van der Waals surface area contributed by atoms with E-state index in [-0.39, 0.29) is 17.3 Å². The van der Waals surface area contributed by atoms with Crippen LogP contribution >= 0.6 is 0 Å². The Morgan fingerprint density at radius 2 is 2.06 bits per heavy atom. The predicted octanol–water partition coefficient (Wildman–Crippen LogP) is 3.49. The van der Waals surface area contributed by atoms with Gasteiger partial charge in [0.1, 0.15) is 6.10 Å². The zero-order chi connectivity index (χ0) is 13.2. The first-order valence-electron chi connectivity index (χ1n) is 6.48. The number of nitrogens with one attached hydrogen (secondary N) is 1. The lowest BCUT2D eigenvalue weighted by Crippen LogP contribution is -2.37. The Bertz CT molecular complexity index is 440. The molecule has 0 unspecified atom stereocenters. The van der Waals surface area contributed by atoms with Gasteiger partial charge in [-0.2, -0.15) is 0 Å². The summed E-state index contributed by atoms with van der Waals surface area (Å²) in [7, 11) is 0. The standard InChI is InChI=1S/C15H21NO2/c1-11-6-4-5-7-12(11)16-18-14-10-15(2,3)9-8-13(14)17/h4-7,14,16H,8-10H2,1-3H3/t14-/m1/s1. The van der Waals surface area contributed by atoms with Crippen molar-refractivity contribution in [2.45, 2.75) is 46.1 Å². The number of carbonyl (C=O) groups excluding carboxylic acids is 1. The van der Waals surface area contributed by atoms with Crippen LogP contribution in [0.1, 0.15) is 38.7 Å². The van der Waals surface area contributed by atoms with Gasteiger partial charge in [0.2, 0.25) is 0 Å². The molecule has 0 heterocycles. The minimum atomic E-state index is -0.326. The summed E-state index contributed by atoms with van der Waals surface area (Å²) < 4.78 is 0. The fourth-order valence-electron chi connectivity index (χ4n) is 2.27. The second-order valence-electron chi connectivity index (χ2n) is 5.86. The first-order chi connectivity index (χ1) is 8.48. The summed E-state index contributed by atoms with van der Waals surface area (Å²) in [5.41, 5.74) is 5.15. The molecule has 3 heteroatoms. The summed E-state index contributed by atoms with van der Waals surface area (Å²) >= 11 is 0. The fourth-order valence-corrected chi connectivity index (χ4v) is 2.27. The number of benzene rings is 1. The van der Waals surface area contributed by atoms with Crippen molar-refractivity contribution in [3.05, 3.63) is 29.8 Å². The number of aryl methyl sites for hydroxylation is 1. The SMILES string of the molecule is Cc1ccccc1NO[C@@H]1CC(C)(C)CCC1=O. The maximum absolute atomic E-state index is 11.8. The van der Waals surface area contributed by atoms with Gasteiger partial charge in [-0.1, -0.05) is 32.0 Å². The maximum atomic E-state index is 11.8. The largest absolute Gasteiger partial charge is 0.297 e. The monoisotopic (exact) mass is 247 g/mol. The van der Waals surface area contributed by atoms with Crippen molar-refractivity contribution in [1.29, 1.82) is 0 Å². The molecule has 1 saturated carbocycles. The van der Waals surface area contributed by atoms with Crippen molar-refractivity contribution in [2.24, 2.45) is 5.41 Å². The highest BCUT2D eigenvalue weighted by atomic mass is 16.7. The van der Waals surface area contributed by atoms with E-state index in [1.807, 2.05) is 31.2 Å². The highest BCUT2D eigenvalue weighted by Crippen LogP contribution is 2.34. The molecule has 1 N–H and O–H groups in total. The highest BCUT2D eigenvalue weighted by Gasteiger charge is 2.34. The molecule has 2 rings (SSSR count). The lowest BCUT2D eigenvalue weighted by molar-refractivity contribution is -0.134. The zero-order valence-corrected chi connectivity index (χ0v) is 11.3. The molecule has 3 nitrogen and oxygen atoms in total. The quantitative estimate of drug-likeness (QED) is 0.831. The van der Waals surface area contributed by atoms with E-state index in [0.29, 0.717) is 6.42 Å². The number of hydrogen-bond donors (Lipinski definition) is 1. The van der Waals surface area contributed by atoms with Gasteiger partial charge in [-0.25, -0.2) is 0 Å². The van der Waals surface area contributed by atoms with E-state index < -0.39 is 0 Å². The van der Waals surface area contributed by atoms with E-state index in [1.165, 1.54) is 0 Å². The molecule has 1 aromatic carbocycles. The first kappa shape index (κ1) is 13.1. The van der Waals surface area contributed by atoms with Gasteiger partial charge in [0.05, 0.1) is 5.69 Å². The molecule has 1 atom stereocenters. The average Bonchev–Trinajstić information content (AvgIpc) is 2.32. The number of ketones is 1. The molecular weight excluding hydrogens is 226 g/mol. The van der Waals surface area contributed by atoms with Crippen molar-refractivity contribution >= 4 is 11.5 Å². The van der Waals surface area contributed by atoms with Crippen molar-refractivity contribution in [3.8, 4) is 0 Å². The van der Waals surface area contributed by atoms with E-state index in [2.05, 4.69) is 19.3 Å². The van der Waals surface area contributed by atoms with Crippen LogP contribution in [0.4, 0.5) is 5.69 Å². The fraction of sp³-hybridized carbons (Fsp3) is 0.533. The van der Waals surface area contributed by atoms with Crippen LogP contribution in [0.15, 0.2) is 24.3 Å². The Balaban J connectivity index is 1.97. The molecule has 1 aliphatic rings. The van der Waals surface area contributed by atoms with Crippen molar-refractivity contribution in [1.82, 2.24) is 0 Å². The van der Waals surface area contributed by atoms with Crippen LogP contribution in [0.2, 0.25) is 0 Å². The second kappa shape index (κ2) is 5.11. The van der Waals surface area contributed by atoms with Gasteiger partial charge in [-0.3, -0.25) is 15.1 Å². The highest BCUT2D eigenvalue weighted by molar-refractivity contribution is 5.84. The van der Waals surface area contributed by atoms with E-state index in [9.17, 15) is 4.79 Å². The van der Waals surface area contributed by atoms with Gasteiger partial charge in [-0.15, -0.1) is 0 Å². The molecule has 18 heavy (non-hydrogen) atoms. The van der Waals surface area contributed by atoms with E-state index >= 15 is 0 Å². The predicted molar refractivity (Wildman–Crippen MR) is 72.3 cm³/mol. The molecule has 1 aromatic rings. The number of rotatable bonds is 3. The van der Waals surface area contributed by atoms with Crippen LogP contribution in [-0.4, -0.2) is 11.9 Å². The van der Waals surface area contributed by atoms with Gasteiger partial charge in [0.25, 0.3) is 0 Å². The van der Waals surface area contributed by atoms with E-state index in [0.717, 1.165) is 24.1 Å². The molecule has 0 aliphatic heterocycles. The average molecular weight is 247 g/mol. The van der Waals surface area contributed by atoms with E-state index in [4.69, 9.17) is 4.84 Å². The van der Waals surface area contributed by atoms with Crippen molar-refractivity contribution < 1.29 is 9.63 Å². The lowest BCUT2D eigenvalue weighted by Gasteiger charge is -2.33. The van der Waals surface area contributed by atoms with Gasteiger partial charge in [-0.05, 0) is 36.8 Å². The second-order valence-corrected chi connectivity index (χ2v) is 5.86. The first-order valence-corrected chi connectivity index (χ1v) is 6.48. The summed E-state index contributed by atoms with van der Waals surface area (Å²) in [6, 6.07) is 7.90. The van der Waals surface area contributed by atoms with Crippen LogP contribution in [0, 0.1) is 12.3 Å². The van der Waals surface area contributed by atoms with Crippen LogP contribution in [0.25, 0.3) is 0 Å². The van der Waals surface area contributed by atoms with Gasteiger partial charge < -0.3 is 0 Å². The maximum Gasteiger partial charge on any atom is 0.164 e. The molecule has 1 fully saturated rings. The van der Waals surface area contributed by atoms with Gasteiger partial charge in [0.15, 0.2) is 5.78 Å². The molecule has 0 spiro atoms. The lowest BCUT2D eigenvalue weighted by atomic mass is 9.75. The number of anilines is 1. The molecule has 0 saturated heterocycles. The van der Waals surface area contributed by atoms with Crippen molar-refractivity contribution in [3.63, 3.8) is 0 Å². The smallest absolute Gasteiger partial charge is 0.164 e. The Kier molecular flexibility index (Phi) is 3.71. The third kappa shape index (κ3) is 3.10. The van der Waals surface area contributed by atoms with Crippen LogP contribution in [-0.2, 0) is 9.63 Å². The minimum absolute atomic E-state index is 0.186. The third-order valence-electron chi connectivity index (χ3n) is 3.60. The molecule has 1 aliphatic carbocycles. The van der Waals surface area contributed by atoms with Gasteiger partial charge >= 0.3 is 0 Å². The Morgan fingerprint density at radius 3 is 2.78 bits per heavy atom. The number of Topliss-reactive ketones (excluding diaryl/α,β-unsaturated/α-hetero) is 1. The number of hydrogen-bond acceptors (Lipinski definition) is 3. The molecule has 0 amide bonds. The Labute approximate surface area is 108 Å². The Morgan fingerprint density at radius 1 is 1.33 bits per heavy atom. The summed E-state index contributed by atoms with van der Waals surface area (Å²) in [6.07, 6.45) is 2.03. The molecule has 0 radical (unpaired) electrons. The molecule has 98 valence electrons. The van der Waals surface area contributed by atoms with Crippen LogP contribution < -0.4 is 5.48 Å². The molecule has 0 aromatic heterocycles.